The van der Waals surface area contributed by atoms with E-state index in [-0.39, 0.29) is 0 Å². The van der Waals surface area contributed by atoms with Gasteiger partial charge in [-0.25, -0.2) is 4.98 Å². The standard InChI is InChI=1S/C14H10BrCl2N3/c1-7-4-12-19-13(14(18)20(12)6-9(7)15)8-2-3-10(16)11(17)5-8/h2-6H,18H2,1H3. The molecule has 6 heteroatoms. The second-order valence-electron chi connectivity index (χ2n) is 4.51. The van der Waals surface area contributed by atoms with E-state index in [4.69, 9.17) is 28.9 Å². The van der Waals surface area contributed by atoms with Gasteiger partial charge in [-0.05, 0) is 46.6 Å². The topological polar surface area (TPSA) is 43.3 Å². The second-order valence-corrected chi connectivity index (χ2v) is 6.18. The molecule has 2 heterocycles. The predicted molar refractivity (Wildman–Crippen MR) is 87.5 cm³/mol. The lowest BCUT2D eigenvalue weighted by atomic mass is 10.1. The lowest BCUT2D eigenvalue weighted by Gasteiger charge is -2.02. The van der Waals surface area contributed by atoms with E-state index in [2.05, 4.69) is 20.9 Å². The molecular weight excluding hydrogens is 361 g/mol. The Hall–Kier alpha value is -1.23. The maximum atomic E-state index is 6.18. The maximum Gasteiger partial charge on any atom is 0.139 e. The molecule has 0 aliphatic rings. The molecule has 2 N–H and O–H groups in total. The predicted octanol–water partition coefficient (Wildman–Crippen LogP) is 4.96. The van der Waals surface area contributed by atoms with Crippen molar-refractivity contribution in [1.29, 1.82) is 0 Å². The zero-order valence-corrected chi connectivity index (χ0v) is 13.6. The van der Waals surface area contributed by atoms with Gasteiger partial charge in [-0.3, -0.25) is 4.40 Å². The number of pyridine rings is 1. The molecule has 0 spiro atoms. The average molecular weight is 371 g/mol. The average Bonchev–Trinajstić information content (AvgIpc) is 2.71. The van der Waals surface area contributed by atoms with E-state index in [0.29, 0.717) is 21.6 Å². The third-order valence-corrected chi connectivity index (χ3v) is 4.70. The zero-order valence-electron chi connectivity index (χ0n) is 10.5. The normalized spacial score (nSPS) is 11.2. The van der Waals surface area contributed by atoms with Crippen LogP contribution in [0.2, 0.25) is 10.0 Å². The summed E-state index contributed by atoms with van der Waals surface area (Å²) in [5.41, 5.74) is 9.61. The van der Waals surface area contributed by atoms with Crippen LogP contribution in [-0.2, 0) is 0 Å². The number of aromatic nitrogens is 2. The van der Waals surface area contributed by atoms with Crippen LogP contribution in [0, 0.1) is 6.92 Å². The molecule has 2 aromatic heterocycles. The molecule has 1 aromatic carbocycles. The summed E-state index contributed by atoms with van der Waals surface area (Å²) in [6.45, 7) is 2.01. The molecule has 3 aromatic rings. The van der Waals surface area contributed by atoms with Crippen LogP contribution in [0.15, 0.2) is 34.9 Å². The summed E-state index contributed by atoms with van der Waals surface area (Å²) in [7, 11) is 0. The fraction of sp³-hybridized carbons (Fsp3) is 0.0714. The molecule has 0 radical (unpaired) electrons. The van der Waals surface area contributed by atoms with Crippen molar-refractivity contribution in [2.45, 2.75) is 6.92 Å². The van der Waals surface area contributed by atoms with Gasteiger partial charge in [-0.2, -0.15) is 0 Å². The van der Waals surface area contributed by atoms with Gasteiger partial charge < -0.3 is 5.73 Å². The molecule has 20 heavy (non-hydrogen) atoms. The molecule has 3 rings (SSSR count). The quantitative estimate of drug-likeness (QED) is 0.657. The van der Waals surface area contributed by atoms with Crippen LogP contribution >= 0.6 is 39.1 Å². The smallest absolute Gasteiger partial charge is 0.139 e. The summed E-state index contributed by atoms with van der Waals surface area (Å²) in [4.78, 5) is 4.57. The minimum atomic E-state index is 0.484. The van der Waals surface area contributed by atoms with Gasteiger partial charge in [0.15, 0.2) is 0 Å². The van der Waals surface area contributed by atoms with Crippen LogP contribution in [-0.4, -0.2) is 9.38 Å². The van der Waals surface area contributed by atoms with Crippen LogP contribution in [0.1, 0.15) is 5.56 Å². The highest BCUT2D eigenvalue weighted by molar-refractivity contribution is 9.10. The lowest BCUT2D eigenvalue weighted by molar-refractivity contribution is 1.16. The molecule has 0 aliphatic carbocycles. The number of fused-ring (bicyclic) bond motifs is 1. The third-order valence-electron chi connectivity index (χ3n) is 3.13. The van der Waals surface area contributed by atoms with Crippen molar-refractivity contribution < 1.29 is 0 Å². The molecule has 0 atom stereocenters. The third kappa shape index (κ3) is 2.18. The van der Waals surface area contributed by atoms with E-state index >= 15 is 0 Å². The molecule has 0 unspecified atom stereocenters. The number of nitrogens with zero attached hydrogens (tertiary/aromatic N) is 2. The molecule has 0 fully saturated rings. The Morgan fingerprint density at radius 2 is 1.95 bits per heavy atom. The van der Waals surface area contributed by atoms with E-state index in [0.717, 1.165) is 21.2 Å². The van der Waals surface area contributed by atoms with Crippen molar-refractivity contribution in [1.82, 2.24) is 9.38 Å². The fourth-order valence-corrected chi connectivity index (χ4v) is 2.65. The van der Waals surface area contributed by atoms with Crippen molar-refractivity contribution in [3.8, 4) is 11.3 Å². The summed E-state index contributed by atoms with van der Waals surface area (Å²) in [6.07, 6.45) is 1.91. The summed E-state index contributed by atoms with van der Waals surface area (Å²) in [5, 5.41) is 0.995. The van der Waals surface area contributed by atoms with Crippen LogP contribution in [0.4, 0.5) is 5.82 Å². The summed E-state index contributed by atoms with van der Waals surface area (Å²) < 4.78 is 2.82. The Morgan fingerprint density at radius 3 is 2.65 bits per heavy atom. The summed E-state index contributed by atoms with van der Waals surface area (Å²) >= 11 is 15.5. The number of imidazole rings is 1. The molecule has 0 saturated heterocycles. The first kappa shape index (κ1) is 13.7. The first-order valence-electron chi connectivity index (χ1n) is 5.86. The van der Waals surface area contributed by atoms with Crippen LogP contribution in [0.5, 0.6) is 0 Å². The van der Waals surface area contributed by atoms with Gasteiger partial charge in [0, 0.05) is 16.2 Å². The van der Waals surface area contributed by atoms with Crippen LogP contribution in [0.3, 0.4) is 0 Å². The molecule has 0 amide bonds. The van der Waals surface area contributed by atoms with Crippen molar-refractivity contribution in [3.63, 3.8) is 0 Å². The number of rotatable bonds is 1. The van der Waals surface area contributed by atoms with Crippen molar-refractivity contribution >= 4 is 50.6 Å². The van der Waals surface area contributed by atoms with Crippen LogP contribution in [0.25, 0.3) is 16.9 Å². The fourth-order valence-electron chi connectivity index (χ4n) is 2.03. The molecule has 102 valence electrons. The SMILES string of the molecule is Cc1cc2nc(-c3ccc(Cl)c(Cl)c3)c(N)n2cc1Br. The van der Waals surface area contributed by atoms with E-state index in [9.17, 15) is 0 Å². The van der Waals surface area contributed by atoms with E-state index < -0.39 is 0 Å². The van der Waals surface area contributed by atoms with E-state index in [1.165, 1.54) is 0 Å². The van der Waals surface area contributed by atoms with E-state index in [1.807, 2.05) is 29.7 Å². The van der Waals surface area contributed by atoms with Gasteiger partial charge >= 0.3 is 0 Å². The summed E-state index contributed by atoms with van der Waals surface area (Å²) in [5.74, 6) is 0.569. The minimum absolute atomic E-state index is 0.484. The largest absolute Gasteiger partial charge is 0.383 e. The Morgan fingerprint density at radius 1 is 1.20 bits per heavy atom. The number of hydrogen-bond donors (Lipinski definition) is 1. The first-order chi connectivity index (χ1) is 9.47. The van der Waals surface area contributed by atoms with Gasteiger partial charge in [0.25, 0.3) is 0 Å². The molecule has 0 saturated carbocycles. The van der Waals surface area contributed by atoms with Gasteiger partial charge in [0.1, 0.15) is 17.2 Å². The van der Waals surface area contributed by atoms with E-state index in [1.54, 1.807) is 12.1 Å². The number of nitrogens with two attached hydrogens (primary N) is 1. The lowest BCUT2D eigenvalue weighted by Crippen LogP contribution is -1.95. The van der Waals surface area contributed by atoms with Crippen LogP contribution < -0.4 is 5.73 Å². The number of benzene rings is 1. The number of aryl methyl sites for hydroxylation is 1. The molecule has 0 aliphatic heterocycles. The minimum Gasteiger partial charge on any atom is -0.383 e. The Balaban J connectivity index is 2.26. The van der Waals surface area contributed by atoms with Gasteiger partial charge in [0.2, 0.25) is 0 Å². The van der Waals surface area contributed by atoms with Crippen molar-refractivity contribution in [2.24, 2.45) is 0 Å². The Labute approximate surface area is 134 Å². The molecular formula is C14H10BrCl2N3. The summed E-state index contributed by atoms with van der Waals surface area (Å²) in [6, 6.07) is 7.34. The highest BCUT2D eigenvalue weighted by Crippen LogP contribution is 2.32. The number of anilines is 1. The highest BCUT2D eigenvalue weighted by atomic mass is 79.9. The number of halogens is 3. The Bertz CT molecular complexity index is 827. The Kier molecular flexibility index (Phi) is 3.40. The van der Waals surface area contributed by atoms with Gasteiger partial charge in [-0.1, -0.05) is 29.3 Å². The number of hydrogen-bond acceptors (Lipinski definition) is 2. The van der Waals surface area contributed by atoms with Gasteiger partial charge in [-0.15, -0.1) is 0 Å². The second kappa shape index (κ2) is 4.95. The molecule has 0 bridgehead atoms. The first-order valence-corrected chi connectivity index (χ1v) is 7.41. The zero-order chi connectivity index (χ0) is 14.4. The van der Waals surface area contributed by atoms with Crippen molar-refractivity contribution in [3.05, 3.63) is 50.5 Å². The van der Waals surface area contributed by atoms with Gasteiger partial charge in [0.05, 0.1) is 10.0 Å². The van der Waals surface area contributed by atoms with Crippen molar-refractivity contribution in [2.75, 3.05) is 5.73 Å². The monoisotopic (exact) mass is 369 g/mol. The maximum absolute atomic E-state index is 6.18. The highest BCUT2D eigenvalue weighted by Gasteiger charge is 2.13. The molecule has 3 nitrogen and oxygen atoms in total. The number of nitrogen functional groups attached to an aromatic ring is 1.